The average molecular weight is 471 g/mol. The summed E-state index contributed by atoms with van der Waals surface area (Å²) >= 11 is 0. The number of rotatable bonds is 8. The van der Waals surface area contributed by atoms with Crippen LogP contribution in [-0.4, -0.2) is 22.1 Å². The van der Waals surface area contributed by atoms with Crippen molar-refractivity contribution in [2.24, 2.45) is 0 Å². The Balaban J connectivity index is 1.92. The molecule has 0 aliphatic carbocycles. The number of alkyl halides is 3. The van der Waals surface area contributed by atoms with Crippen molar-refractivity contribution < 1.29 is 27.9 Å². The van der Waals surface area contributed by atoms with E-state index in [1.54, 1.807) is 19.1 Å². The van der Waals surface area contributed by atoms with E-state index in [4.69, 9.17) is 5.11 Å². The van der Waals surface area contributed by atoms with Crippen LogP contribution in [0.2, 0.25) is 0 Å². The number of carbonyl (C=O) groups excluding carboxylic acids is 1. The number of benzene rings is 2. The summed E-state index contributed by atoms with van der Waals surface area (Å²) in [6.45, 7) is 2.01. The molecule has 1 atom stereocenters. The second-order valence-electron chi connectivity index (χ2n) is 7.66. The minimum Gasteiger partial charge on any atom is -0.481 e. The van der Waals surface area contributed by atoms with Crippen molar-refractivity contribution in [2.45, 2.75) is 38.5 Å². The second kappa shape index (κ2) is 10.8. The first kappa shape index (κ1) is 24.8. The summed E-state index contributed by atoms with van der Waals surface area (Å²) < 4.78 is 40.4. The number of pyridine rings is 1. The Bertz CT molecular complexity index is 1150. The maximum absolute atomic E-state index is 13.5. The molecule has 3 N–H and O–H groups in total. The molecule has 34 heavy (non-hydrogen) atoms. The Morgan fingerprint density at radius 2 is 1.76 bits per heavy atom. The number of nitrogens with one attached hydrogen (secondary N) is 2. The highest BCUT2D eigenvalue weighted by Crippen LogP contribution is 2.36. The molecule has 178 valence electrons. The number of carbonyl (C=O) groups is 2. The molecule has 1 aromatic heterocycles. The molecule has 1 heterocycles. The summed E-state index contributed by atoms with van der Waals surface area (Å²) in [6, 6.07) is 16.0. The lowest BCUT2D eigenvalue weighted by molar-refractivity contribution is -0.138. The zero-order chi connectivity index (χ0) is 24.7. The quantitative estimate of drug-likeness (QED) is 0.413. The maximum atomic E-state index is 13.5. The first-order valence-electron chi connectivity index (χ1n) is 10.6. The summed E-state index contributed by atoms with van der Waals surface area (Å²) in [5.74, 6) is -1.07. The Labute approximate surface area is 194 Å². The molecule has 0 radical (unpaired) electrons. The normalized spacial score (nSPS) is 12.1. The van der Waals surface area contributed by atoms with Crippen LogP contribution in [0.25, 0.3) is 11.3 Å². The SMILES string of the molecule is CCC(NC(=O)NCc1ccccc1)c1cc(C(F)(F)F)ccc1-c1cccc(CC(=O)O)n1. The highest BCUT2D eigenvalue weighted by molar-refractivity contribution is 5.76. The minimum atomic E-state index is -4.57. The van der Waals surface area contributed by atoms with Crippen LogP contribution in [0.15, 0.2) is 66.7 Å². The summed E-state index contributed by atoms with van der Waals surface area (Å²) in [6.07, 6.45) is -4.57. The fourth-order valence-corrected chi connectivity index (χ4v) is 3.53. The molecule has 0 aliphatic heterocycles. The van der Waals surface area contributed by atoms with E-state index >= 15 is 0 Å². The van der Waals surface area contributed by atoms with E-state index in [1.165, 1.54) is 12.1 Å². The molecule has 6 nitrogen and oxygen atoms in total. The Hall–Kier alpha value is -3.88. The number of carboxylic acid groups (broad SMARTS) is 1. The van der Waals surface area contributed by atoms with Crippen LogP contribution in [0.3, 0.4) is 0 Å². The molecule has 2 amide bonds. The molecular weight excluding hydrogens is 447 g/mol. The van der Waals surface area contributed by atoms with Crippen LogP contribution in [0.1, 0.15) is 41.8 Å². The monoisotopic (exact) mass is 471 g/mol. The second-order valence-corrected chi connectivity index (χ2v) is 7.66. The van der Waals surface area contributed by atoms with E-state index in [0.29, 0.717) is 17.7 Å². The number of hydrogen-bond donors (Lipinski definition) is 3. The van der Waals surface area contributed by atoms with E-state index < -0.39 is 29.8 Å². The molecule has 3 aromatic rings. The predicted molar refractivity (Wildman–Crippen MR) is 121 cm³/mol. The molecule has 9 heteroatoms. The Morgan fingerprint density at radius 3 is 2.41 bits per heavy atom. The van der Waals surface area contributed by atoms with Crippen molar-refractivity contribution in [1.29, 1.82) is 0 Å². The largest absolute Gasteiger partial charge is 0.481 e. The number of urea groups is 1. The number of nitrogens with zero attached hydrogens (tertiary/aromatic N) is 1. The molecule has 0 fully saturated rings. The summed E-state index contributed by atoms with van der Waals surface area (Å²) in [5, 5.41) is 14.5. The van der Waals surface area contributed by atoms with Crippen molar-refractivity contribution in [3.8, 4) is 11.3 Å². The highest BCUT2D eigenvalue weighted by atomic mass is 19.4. The van der Waals surface area contributed by atoms with Gasteiger partial charge in [0.05, 0.1) is 29.4 Å². The fourth-order valence-electron chi connectivity index (χ4n) is 3.53. The smallest absolute Gasteiger partial charge is 0.416 e. The standard InChI is InChI=1S/C25H24F3N3O3/c1-2-21(31-24(34)29-15-16-7-4-3-5-8-16)20-13-17(25(26,27)28)11-12-19(20)22-10-6-9-18(30-22)14-23(32)33/h3-13,21H,2,14-15H2,1H3,(H,32,33)(H2,29,31,34). The third kappa shape index (κ3) is 6.57. The summed E-state index contributed by atoms with van der Waals surface area (Å²) in [4.78, 5) is 27.9. The number of hydrogen-bond acceptors (Lipinski definition) is 3. The van der Waals surface area contributed by atoms with Crippen LogP contribution in [0, 0.1) is 0 Å². The zero-order valence-corrected chi connectivity index (χ0v) is 18.4. The lowest BCUT2D eigenvalue weighted by atomic mass is 9.93. The number of amides is 2. The molecule has 3 rings (SSSR count). The van der Waals surface area contributed by atoms with Crippen molar-refractivity contribution in [2.75, 3.05) is 0 Å². The summed E-state index contributed by atoms with van der Waals surface area (Å²) in [7, 11) is 0. The van der Waals surface area contributed by atoms with E-state index in [1.807, 2.05) is 30.3 Å². The van der Waals surface area contributed by atoms with Crippen LogP contribution >= 0.6 is 0 Å². The molecular formula is C25H24F3N3O3. The maximum Gasteiger partial charge on any atom is 0.416 e. The van der Waals surface area contributed by atoms with Gasteiger partial charge in [-0.1, -0.05) is 49.4 Å². The zero-order valence-electron chi connectivity index (χ0n) is 18.4. The lowest BCUT2D eigenvalue weighted by Gasteiger charge is -2.22. The number of carboxylic acids is 1. The van der Waals surface area contributed by atoms with Gasteiger partial charge in [0, 0.05) is 12.1 Å². The predicted octanol–water partition coefficient (Wildman–Crippen LogP) is 5.35. The van der Waals surface area contributed by atoms with Gasteiger partial charge in [0.2, 0.25) is 0 Å². The van der Waals surface area contributed by atoms with Crippen LogP contribution in [0.5, 0.6) is 0 Å². The van der Waals surface area contributed by atoms with Gasteiger partial charge in [-0.2, -0.15) is 13.2 Å². The minimum absolute atomic E-state index is 0.243. The topological polar surface area (TPSA) is 91.3 Å². The van der Waals surface area contributed by atoms with Gasteiger partial charge >= 0.3 is 18.2 Å². The third-order valence-corrected chi connectivity index (χ3v) is 5.18. The van der Waals surface area contributed by atoms with Gasteiger partial charge in [0.25, 0.3) is 0 Å². The van der Waals surface area contributed by atoms with E-state index in [-0.39, 0.29) is 24.2 Å². The Kier molecular flexibility index (Phi) is 7.88. The molecule has 0 saturated carbocycles. The fraction of sp³-hybridized carbons (Fsp3) is 0.240. The van der Waals surface area contributed by atoms with E-state index in [0.717, 1.165) is 17.7 Å². The van der Waals surface area contributed by atoms with Gasteiger partial charge in [0.15, 0.2) is 0 Å². The van der Waals surface area contributed by atoms with Gasteiger partial charge in [0.1, 0.15) is 0 Å². The average Bonchev–Trinajstić information content (AvgIpc) is 2.80. The van der Waals surface area contributed by atoms with E-state index in [2.05, 4.69) is 15.6 Å². The van der Waals surface area contributed by atoms with Gasteiger partial charge in [-0.15, -0.1) is 0 Å². The molecule has 0 spiro atoms. The molecule has 1 unspecified atom stereocenters. The van der Waals surface area contributed by atoms with Crippen molar-refractivity contribution in [3.63, 3.8) is 0 Å². The Morgan fingerprint density at radius 1 is 1.03 bits per heavy atom. The lowest BCUT2D eigenvalue weighted by Crippen LogP contribution is -2.37. The van der Waals surface area contributed by atoms with Crippen molar-refractivity contribution >= 4 is 12.0 Å². The molecule has 0 aliphatic rings. The molecule has 0 saturated heterocycles. The molecule has 0 bridgehead atoms. The van der Waals surface area contributed by atoms with Gasteiger partial charge in [-0.3, -0.25) is 9.78 Å². The van der Waals surface area contributed by atoms with E-state index in [9.17, 15) is 22.8 Å². The number of aliphatic carboxylic acids is 1. The van der Waals surface area contributed by atoms with Gasteiger partial charge < -0.3 is 15.7 Å². The summed E-state index contributed by atoms with van der Waals surface area (Å²) in [5.41, 5.74) is 1.26. The van der Waals surface area contributed by atoms with Crippen LogP contribution in [-0.2, 0) is 23.9 Å². The van der Waals surface area contributed by atoms with Gasteiger partial charge in [-0.25, -0.2) is 4.79 Å². The van der Waals surface area contributed by atoms with Gasteiger partial charge in [-0.05, 0) is 41.8 Å². The van der Waals surface area contributed by atoms with Crippen LogP contribution in [0.4, 0.5) is 18.0 Å². The van der Waals surface area contributed by atoms with Crippen molar-refractivity contribution in [3.05, 3.63) is 89.1 Å². The molecule has 2 aromatic carbocycles. The number of aromatic nitrogens is 1. The van der Waals surface area contributed by atoms with Crippen molar-refractivity contribution in [1.82, 2.24) is 15.6 Å². The number of halogens is 3. The first-order valence-corrected chi connectivity index (χ1v) is 10.6. The third-order valence-electron chi connectivity index (χ3n) is 5.18. The first-order chi connectivity index (χ1) is 16.2. The van der Waals surface area contributed by atoms with Crippen LogP contribution < -0.4 is 10.6 Å². The highest BCUT2D eigenvalue weighted by Gasteiger charge is 2.32.